The third-order valence-electron chi connectivity index (χ3n) is 2.90. The van der Waals surface area contributed by atoms with Crippen LogP contribution in [0.4, 0.5) is 0 Å². The number of hydrogen-bond donors (Lipinski definition) is 2. The SMILES string of the molecule is CC(CC(O)c1ccco1)NCC1CC1. The number of hydrogen-bond acceptors (Lipinski definition) is 3. The van der Waals surface area contributed by atoms with E-state index in [4.69, 9.17) is 4.42 Å². The molecule has 1 aromatic heterocycles. The standard InChI is InChI=1S/C12H19NO2/c1-9(13-8-10-4-5-10)7-11(14)12-3-2-6-15-12/h2-3,6,9-11,13-14H,4-5,7-8H2,1H3. The molecule has 0 aromatic carbocycles. The molecule has 2 unspecified atom stereocenters. The van der Waals surface area contributed by atoms with Crippen LogP contribution < -0.4 is 5.32 Å². The van der Waals surface area contributed by atoms with Gasteiger partial charge in [-0.05, 0) is 50.8 Å². The Labute approximate surface area is 90.5 Å². The van der Waals surface area contributed by atoms with Crippen molar-refractivity contribution < 1.29 is 9.52 Å². The second kappa shape index (κ2) is 4.81. The van der Waals surface area contributed by atoms with Crippen LogP contribution in [0.2, 0.25) is 0 Å². The molecule has 0 aliphatic heterocycles. The van der Waals surface area contributed by atoms with Crippen molar-refractivity contribution in [1.29, 1.82) is 0 Å². The Morgan fingerprint density at radius 2 is 2.40 bits per heavy atom. The lowest BCUT2D eigenvalue weighted by Gasteiger charge is -2.16. The third kappa shape index (κ3) is 3.36. The summed E-state index contributed by atoms with van der Waals surface area (Å²) >= 11 is 0. The first-order chi connectivity index (χ1) is 7.25. The highest BCUT2D eigenvalue weighted by molar-refractivity contribution is 5.02. The van der Waals surface area contributed by atoms with E-state index in [0.29, 0.717) is 18.2 Å². The first-order valence-electron chi connectivity index (χ1n) is 5.70. The van der Waals surface area contributed by atoms with E-state index < -0.39 is 6.10 Å². The fraction of sp³-hybridized carbons (Fsp3) is 0.667. The molecule has 0 bridgehead atoms. The average molecular weight is 209 g/mol. The second-order valence-electron chi connectivity index (χ2n) is 4.52. The van der Waals surface area contributed by atoms with Gasteiger partial charge in [0.15, 0.2) is 0 Å². The molecule has 0 spiro atoms. The predicted molar refractivity (Wildman–Crippen MR) is 58.5 cm³/mol. The Balaban J connectivity index is 1.70. The van der Waals surface area contributed by atoms with Gasteiger partial charge >= 0.3 is 0 Å². The van der Waals surface area contributed by atoms with Crippen LogP contribution in [0.1, 0.15) is 38.1 Å². The minimum atomic E-state index is -0.485. The summed E-state index contributed by atoms with van der Waals surface area (Å²) in [7, 11) is 0. The van der Waals surface area contributed by atoms with Crippen LogP contribution in [0.15, 0.2) is 22.8 Å². The van der Waals surface area contributed by atoms with Gasteiger partial charge < -0.3 is 14.8 Å². The molecule has 1 aliphatic carbocycles. The second-order valence-corrected chi connectivity index (χ2v) is 4.52. The average Bonchev–Trinajstić information content (AvgIpc) is 2.87. The van der Waals surface area contributed by atoms with Crippen molar-refractivity contribution in [3.8, 4) is 0 Å². The lowest BCUT2D eigenvalue weighted by Crippen LogP contribution is -2.29. The summed E-state index contributed by atoms with van der Waals surface area (Å²) in [6, 6.07) is 3.96. The van der Waals surface area contributed by atoms with Crippen LogP contribution in [-0.2, 0) is 0 Å². The summed E-state index contributed by atoms with van der Waals surface area (Å²) in [5, 5.41) is 13.3. The van der Waals surface area contributed by atoms with E-state index in [1.165, 1.54) is 12.8 Å². The molecule has 0 radical (unpaired) electrons. The Hall–Kier alpha value is -0.800. The number of aliphatic hydroxyl groups is 1. The van der Waals surface area contributed by atoms with Gasteiger partial charge in [0.2, 0.25) is 0 Å². The summed E-state index contributed by atoms with van der Waals surface area (Å²) < 4.78 is 5.16. The molecule has 0 saturated heterocycles. The molecule has 84 valence electrons. The monoisotopic (exact) mass is 209 g/mol. The molecule has 2 rings (SSSR count). The fourth-order valence-electron chi connectivity index (χ4n) is 1.71. The van der Waals surface area contributed by atoms with Gasteiger partial charge in [-0.15, -0.1) is 0 Å². The fourth-order valence-corrected chi connectivity index (χ4v) is 1.71. The van der Waals surface area contributed by atoms with Crippen LogP contribution in [0.5, 0.6) is 0 Å². The van der Waals surface area contributed by atoms with Gasteiger partial charge in [-0.1, -0.05) is 0 Å². The summed E-state index contributed by atoms with van der Waals surface area (Å²) in [6.07, 6.45) is 4.55. The molecule has 3 nitrogen and oxygen atoms in total. The maximum atomic E-state index is 9.83. The first-order valence-corrected chi connectivity index (χ1v) is 5.70. The third-order valence-corrected chi connectivity index (χ3v) is 2.90. The predicted octanol–water partition coefficient (Wildman–Crippen LogP) is 2.09. The van der Waals surface area contributed by atoms with Crippen molar-refractivity contribution in [2.75, 3.05) is 6.54 Å². The maximum Gasteiger partial charge on any atom is 0.132 e. The number of furan rings is 1. The largest absolute Gasteiger partial charge is 0.467 e. The lowest BCUT2D eigenvalue weighted by molar-refractivity contribution is 0.128. The minimum Gasteiger partial charge on any atom is -0.467 e. The van der Waals surface area contributed by atoms with E-state index in [9.17, 15) is 5.11 Å². The highest BCUT2D eigenvalue weighted by Crippen LogP contribution is 2.28. The van der Waals surface area contributed by atoms with Crippen molar-refractivity contribution in [2.24, 2.45) is 5.92 Å². The normalized spacial score (nSPS) is 20.1. The Morgan fingerprint density at radius 1 is 1.60 bits per heavy atom. The molecule has 1 aliphatic rings. The molecule has 1 saturated carbocycles. The van der Waals surface area contributed by atoms with Crippen molar-refractivity contribution in [3.63, 3.8) is 0 Å². The summed E-state index contributed by atoms with van der Waals surface area (Å²) in [5.74, 6) is 1.54. The summed E-state index contributed by atoms with van der Waals surface area (Å²) in [5.41, 5.74) is 0. The van der Waals surface area contributed by atoms with Crippen LogP contribution in [-0.4, -0.2) is 17.7 Å². The quantitative estimate of drug-likeness (QED) is 0.754. The molecule has 1 fully saturated rings. The first kappa shape index (κ1) is 10.7. The number of aliphatic hydroxyl groups excluding tert-OH is 1. The summed E-state index contributed by atoms with van der Waals surface area (Å²) in [6.45, 7) is 3.20. The zero-order valence-electron chi connectivity index (χ0n) is 9.15. The Morgan fingerprint density at radius 3 is 3.00 bits per heavy atom. The zero-order valence-corrected chi connectivity index (χ0v) is 9.15. The van der Waals surface area contributed by atoms with Crippen LogP contribution in [0, 0.1) is 5.92 Å². The van der Waals surface area contributed by atoms with E-state index in [-0.39, 0.29) is 0 Å². The van der Waals surface area contributed by atoms with Gasteiger partial charge in [0.1, 0.15) is 11.9 Å². The number of rotatable bonds is 6. The van der Waals surface area contributed by atoms with Crippen LogP contribution in [0.25, 0.3) is 0 Å². The highest BCUT2D eigenvalue weighted by atomic mass is 16.4. The van der Waals surface area contributed by atoms with Gasteiger partial charge in [0.25, 0.3) is 0 Å². The summed E-state index contributed by atoms with van der Waals surface area (Å²) in [4.78, 5) is 0. The molecule has 1 aromatic rings. The van der Waals surface area contributed by atoms with Crippen molar-refractivity contribution in [3.05, 3.63) is 24.2 Å². The Kier molecular flexibility index (Phi) is 3.44. The van der Waals surface area contributed by atoms with Crippen LogP contribution >= 0.6 is 0 Å². The van der Waals surface area contributed by atoms with Gasteiger partial charge in [-0.2, -0.15) is 0 Å². The molecule has 1 heterocycles. The van der Waals surface area contributed by atoms with Crippen molar-refractivity contribution in [1.82, 2.24) is 5.32 Å². The molecular formula is C12H19NO2. The van der Waals surface area contributed by atoms with E-state index in [1.54, 1.807) is 12.3 Å². The van der Waals surface area contributed by atoms with Crippen molar-refractivity contribution in [2.45, 2.75) is 38.3 Å². The van der Waals surface area contributed by atoms with Crippen LogP contribution in [0.3, 0.4) is 0 Å². The molecule has 3 heteroatoms. The van der Waals surface area contributed by atoms with E-state index in [1.807, 2.05) is 6.07 Å². The topological polar surface area (TPSA) is 45.4 Å². The Bertz CT molecular complexity index is 280. The molecular weight excluding hydrogens is 190 g/mol. The van der Waals surface area contributed by atoms with E-state index >= 15 is 0 Å². The molecule has 15 heavy (non-hydrogen) atoms. The maximum absolute atomic E-state index is 9.83. The smallest absolute Gasteiger partial charge is 0.132 e. The molecule has 0 amide bonds. The highest BCUT2D eigenvalue weighted by Gasteiger charge is 2.22. The molecule has 2 atom stereocenters. The van der Waals surface area contributed by atoms with Gasteiger partial charge in [0.05, 0.1) is 6.26 Å². The molecule has 2 N–H and O–H groups in total. The van der Waals surface area contributed by atoms with Gasteiger partial charge in [-0.3, -0.25) is 0 Å². The zero-order chi connectivity index (χ0) is 10.7. The van der Waals surface area contributed by atoms with Gasteiger partial charge in [0, 0.05) is 6.04 Å². The van der Waals surface area contributed by atoms with E-state index in [2.05, 4.69) is 12.2 Å². The van der Waals surface area contributed by atoms with Crippen molar-refractivity contribution >= 4 is 0 Å². The minimum absolute atomic E-state index is 0.339. The lowest BCUT2D eigenvalue weighted by atomic mass is 10.1. The number of nitrogens with one attached hydrogen (secondary N) is 1. The van der Waals surface area contributed by atoms with Gasteiger partial charge in [-0.25, -0.2) is 0 Å². The van der Waals surface area contributed by atoms with E-state index in [0.717, 1.165) is 12.5 Å².